The van der Waals surface area contributed by atoms with E-state index in [4.69, 9.17) is 9.47 Å². The molecular formula is C23H29IN4O2. The zero-order chi connectivity index (χ0) is 20.1. The molecule has 160 valence electrons. The fourth-order valence-corrected chi connectivity index (χ4v) is 3.61. The molecule has 6 nitrogen and oxygen atoms in total. The quantitative estimate of drug-likeness (QED) is 0.282. The molecule has 0 unspecified atom stereocenters. The molecule has 0 spiro atoms. The number of halogens is 1. The summed E-state index contributed by atoms with van der Waals surface area (Å²) >= 11 is 0. The van der Waals surface area contributed by atoms with E-state index in [1.54, 1.807) is 0 Å². The number of ether oxygens (including phenoxy) is 2. The number of rotatable bonds is 5. The Morgan fingerprint density at radius 1 is 1.00 bits per heavy atom. The minimum absolute atomic E-state index is 0. The second-order valence-electron chi connectivity index (χ2n) is 7.28. The second-order valence-corrected chi connectivity index (χ2v) is 7.28. The van der Waals surface area contributed by atoms with E-state index in [1.807, 2.05) is 26.2 Å². The van der Waals surface area contributed by atoms with Crippen molar-refractivity contribution in [2.45, 2.75) is 13.1 Å². The Hall–Kier alpha value is -2.42. The molecule has 1 N–H and O–H groups in total. The van der Waals surface area contributed by atoms with Gasteiger partial charge in [-0.05, 0) is 35.4 Å². The highest BCUT2D eigenvalue weighted by atomic mass is 127. The molecule has 0 aromatic heterocycles. The van der Waals surface area contributed by atoms with Crippen LogP contribution in [0.2, 0.25) is 0 Å². The summed E-state index contributed by atoms with van der Waals surface area (Å²) in [5.74, 6) is 2.49. The largest absolute Gasteiger partial charge is 0.486 e. The van der Waals surface area contributed by atoms with E-state index in [2.05, 4.69) is 62.6 Å². The van der Waals surface area contributed by atoms with Crippen LogP contribution in [0.15, 0.2) is 59.6 Å². The lowest BCUT2D eigenvalue weighted by atomic mass is 10.2. The maximum atomic E-state index is 5.69. The van der Waals surface area contributed by atoms with E-state index in [-0.39, 0.29) is 24.0 Å². The van der Waals surface area contributed by atoms with Crippen molar-refractivity contribution in [3.05, 3.63) is 65.7 Å². The van der Waals surface area contributed by atoms with Crippen LogP contribution in [0.25, 0.3) is 0 Å². The number of anilines is 1. The normalized spacial score (nSPS) is 15.0. The molecular weight excluding hydrogens is 491 g/mol. The first-order valence-electron chi connectivity index (χ1n) is 10.0. The van der Waals surface area contributed by atoms with E-state index in [0.29, 0.717) is 13.2 Å². The molecule has 0 atom stereocenters. The molecule has 0 radical (unpaired) electrons. The average molecular weight is 520 g/mol. The van der Waals surface area contributed by atoms with Crippen LogP contribution in [-0.4, -0.2) is 51.3 Å². The predicted molar refractivity (Wildman–Crippen MR) is 132 cm³/mol. The Morgan fingerprint density at radius 2 is 1.67 bits per heavy atom. The van der Waals surface area contributed by atoms with Crippen molar-refractivity contribution >= 4 is 35.6 Å². The van der Waals surface area contributed by atoms with Gasteiger partial charge < -0.3 is 24.6 Å². The Morgan fingerprint density at radius 3 is 2.37 bits per heavy atom. The molecule has 0 amide bonds. The standard InChI is InChI=1S/C23H28N4O2.HI/c1-24-23(25-16-18-5-8-20(9-6-18)27-11-3-4-12-27)26(2)17-19-7-10-21-22(15-19)29-14-13-28-21;/h3-10,15H,11-14,16-17H2,1-2H3,(H,24,25);1H. The minimum atomic E-state index is 0. The Bertz CT molecular complexity index is 891. The monoisotopic (exact) mass is 520 g/mol. The number of hydrogen-bond acceptors (Lipinski definition) is 4. The van der Waals surface area contributed by atoms with Gasteiger partial charge in [-0.25, -0.2) is 0 Å². The van der Waals surface area contributed by atoms with E-state index < -0.39 is 0 Å². The highest BCUT2D eigenvalue weighted by molar-refractivity contribution is 14.0. The second kappa shape index (κ2) is 10.6. The first kappa shape index (κ1) is 22.3. The number of fused-ring (bicyclic) bond motifs is 1. The lowest BCUT2D eigenvalue weighted by molar-refractivity contribution is 0.171. The first-order valence-corrected chi connectivity index (χ1v) is 10.0. The SMILES string of the molecule is CN=C(NCc1ccc(N2CC=CC2)cc1)N(C)Cc1ccc2c(c1)OCCO2.I. The number of nitrogens with one attached hydrogen (secondary N) is 1. The van der Waals surface area contributed by atoms with Crippen molar-refractivity contribution in [2.24, 2.45) is 4.99 Å². The molecule has 2 heterocycles. The van der Waals surface area contributed by atoms with Gasteiger partial charge >= 0.3 is 0 Å². The highest BCUT2D eigenvalue weighted by Crippen LogP contribution is 2.31. The summed E-state index contributed by atoms with van der Waals surface area (Å²) in [6.07, 6.45) is 4.41. The summed E-state index contributed by atoms with van der Waals surface area (Å²) < 4.78 is 11.3. The number of nitrogens with zero attached hydrogens (tertiary/aromatic N) is 3. The summed E-state index contributed by atoms with van der Waals surface area (Å²) in [7, 11) is 3.85. The lowest BCUT2D eigenvalue weighted by Gasteiger charge is -2.24. The van der Waals surface area contributed by atoms with Gasteiger partial charge in [0.2, 0.25) is 0 Å². The average Bonchev–Trinajstić information content (AvgIpc) is 3.29. The highest BCUT2D eigenvalue weighted by Gasteiger charge is 2.14. The lowest BCUT2D eigenvalue weighted by Crippen LogP contribution is -2.38. The van der Waals surface area contributed by atoms with Crippen molar-refractivity contribution in [2.75, 3.05) is 45.3 Å². The Labute approximate surface area is 195 Å². The van der Waals surface area contributed by atoms with Crippen molar-refractivity contribution in [1.29, 1.82) is 0 Å². The van der Waals surface area contributed by atoms with Gasteiger partial charge in [-0.2, -0.15) is 0 Å². The van der Waals surface area contributed by atoms with Crippen LogP contribution >= 0.6 is 24.0 Å². The molecule has 0 fully saturated rings. The Balaban J connectivity index is 0.00000256. The van der Waals surface area contributed by atoms with Crippen molar-refractivity contribution < 1.29 is 9.47 Å². The molecule has 2 aliphatic heterocycles. The van der Waals surface area contributed by atoms with Crippen LogP contribution in [0.5, 0.6) is 11.5 Å². The van der Waals surface area contributed by atoms with Crippen LogP contribution in [0.1, 0.15) is 11.1 Å². The van der Waals surface area contributed by atoms with Gasteiger partial charge in [0.1, 0.15) is 13.2 Å². The van der Waals surface area contributed by atoms with Gasteiger partial charge in [0.15, 0.2) is 17.5 Å². The zero-order valence-corrected chi connectivity index (χ0v) is 19.8. The molecule has 0 bridgehead atoms. The van der Waals surface area contributed by atoms with Crippen molar-refractivity contribution in [1.82, 2.24) is 10.2 Å². The maximum Gasteiger partial charge on any atom is 0.193 e. The van der Waals surface area contributed by atoms with E-state index in [1.165, 1.54) is 11.3 Å². The summed E-state index contributed by atoms with van der Waals surface area (Å²) in [5.41, 5.74) is 3.65. The van der Waals surface area contributed by atoms with E-state index in [0.717, 1.165) is 49.2 Å². The molecule has 7 heteroatoms. The summed E-state index contributed by atoms with van der Waals surface area (Å²) in [4.78, 5) is 8.88. The van der Waals surface area contributed by atoms with Gasteiger partial charge in [-0.1, -0.05) is 30.4 Å². The van der Waals surface area contributed by atoms with Crippen LogP contribution in [0.4, 0.5) is 5.69 Å². The number of benzene rings is 2. The molecule has 0 saturated heterocycles. The molecule has 2 aromatic carbocycles. The fraction of sp³-hybridized carbons (Fsp3) is 0.348. The van der Waals surface area contributed by atoms with Crippen LogP contribution in [0, 0.1) is 0 Å². The number of guanidine groups is 1. The Kier molecular flexibility index (Phi) is 7.84. The summed E-state index contributed by atoms with van der Waals surface area (Å²) in [6, 6.07) is 14.8. The van der Waals surface area contributed by atoms with E-state index >= 15 is 0 Å². The van der Waals surface area contributed by atoms with Gasteiger partial charge in [-0.3, -0.25) is 4.99 Å². The summed E-state index contributed by atoms with van der Waals surface area (Å²) in [6.45, 7) is 4.67. The maximum absolute atomic E-state index is 5.69. The minimum Gasteiger partial charge on any atom is -0.486 e. The fourth-order valence-electron chi connectivity index (χ4n) is 3.61. The van der Waals surface area contributed by atoms with Gasteiger partial charge in [0.05, 0.1) is 0 Å². The summed E-state index contributed by atoms with van der Waals surface area (Å²) in [5, 5.41) is 3.45. The third-order valence-corrected chi connectivity index (χ3v) is 5.17. The van der Waals surface area contributed by atoms with Gasteiger partial charge in [-0.15, -0.1) is 24.0 Å². The third-order valence-electron chi connectivity index (χ3n) is 5.17. The first-order chi connectivity index (χ1) is 14.2. The zero-order valence-electron chi connectivity index (χ0n) is 17.5. The third kappa shape index (κ3) is 5.38. The van der Waals surface area contributed by atoms with Crippen molar-refractivity contribution in [3.8, 4) is 11.5 Å². The predicted octanol–water partition coefficient (Wildman–Crippen LogP) is 3.66. The van der Waals surface area contributed by atoms with Gasteiger partial charge in [0, 0.05) is 46.0 Å². The topological polar surface area (TPSA) is 49.3 Å². The van der Waals surface area contributed by atoms with Crippen LogP contribution < -0.4 is 19.7 Å². The molecule has 30 heavy (non-hydrogen) atoms. The number of hydrogen-bond donors (Lipinski definition) is 1. The molecule has 2 aliphatic rings. The molecule has 0 aliphatic carbocycles. The smallest absolute Gasteiger partial charge is 0.193 e. The van der Waals surface area contributed by atoms with Crippen LogP contribution in [0.3, 0.4) is 0 Å². The van der Waals surface area contributed by atoms with Crippen molar-refractivity contribution in [3.63, 3.8) is 0 Å². The molecule has 4 rings (SSSR count). The molecule has 0 saturated carbocycles. The van der Waals surface area contributed by atoms with Gasteiger partial charge in [0.25, 0.3) is 0 Å². The van der Waals surface area contributed by atoms with E-state index in [9.17, 15) is 0 Å². The molecule has 2 aromatic rings. The van der Waals surface area contributed by atoms with Crippen LogP contribution in [-0.2, 0) is 13.1 Å². The number of aliphatic imine (C=N–C) groups is 1.